The van der Waals surface area contributed by atoms with E-state index < -0.39 is 35.4 Å². The number of nitrogens with one attached hydrogen (secondary N) is 2. The number of carboxylic acids is 1. The van der Waals surface area contributed by atoms with Crippen LogP contribution in [0.1, 0.15) is 63.2 Å². The van der Waals surface area contributed by atoms with Gasteiger partial charge in [-0.3, -0.25) is 14.4 Å². The van der Waals surface area contributed by atoms with E-state index in [1.165, 1.54) is 54.3 Å². The summed E-state index contributed by atoms with van der Waals surface area (Å²) in [4.78, 5) is 52.3. The van der Waals surface area contributed by atoms with Crippen molar-refractivity contribution in [3.8, 4) is 5.75 Å². The van der Waals surface area contributed by atoms with Crippen molar-refractivity contribution in [2.45, 2.75) is 38.3 Å². The average molecular weight is 620 g/mol. The molecule has 1 atom stereocenters. The number of hydrogen-bond acceptors (Lipinski definition) is 6. The quantitative estimate of drug-likeness (QED) is 0.231. The van der Waals surface area contributed by atoms with E-state index in [1.54, 1.807) is 12.1 Å². The molecule has 3 N–H and O–H groups in total. The van der Waals surface area contributed by atoms with Crippen LogP contribution in [0.2, 0.25) is 5.02 Å². The van der Waals surface area contributed by atoms with Crippen LogP contribution in [-0.2, 0) is 16.0 Å². The third kappa shape index (κ3) is 6.66. The summed E-state index contributed by atoms with van der Waals surface area (Å²) in [5, 5.41) is 15.1. The Morgan fingerprint density at radius 1 is 1.07 bits per heavy atom. The number of carbonyl (C=O) groups is 4. The summed E-state index contributed by atoms with van der Waals surface area (Å²) in [7, 11) is 0. The standard InChI is InChI=1S/C33H31ClFN3O6/c1-19(39)23-9-11-27(34)30(35)25(23)10-12-29(40)38-18-15-24-26(3-2-4-28(24)44-22-13-16-36-17-14-22)31(38)32(41)37-21-7-5-20(6-8-21)33(42)43/h2-12,22,31,36H,13-18H2,1H3,(H,37,41)(H,42,43)/b12-10+. The number of benzene rings is 3. The highest BCUT2D eigenvalue weighted by atomic mass is 35.5. The Kier molecular flexibility index (Phi) is 9.41. The fraction of sp³-hybridized carbons (Fsp3) is 0.273. The number of anilines is 1. The second kappa shape index (κ2) is 13.4. The Bertz CT molecular complexity index is 1640. The summed E-state index contributed by atoms with van der Waals surface area (Å²) in [6.07, 6.45) is 4.45. The van der Waals surface area contributed by atoms with Gasteiger partial charge in [-0.2, -0.15) is 0 Å². The molecule has 11 heteroatoms. The molecular weight excluding hydrogens is 589 g/mol. The number of hydrogen-bond donors (Lipinski definition) is 3. The van der Waals surface area contributed by atoms with Gasteiger partial charge in [0.15, 0.2) is 5.78 Å². The van der Waals surface area contributed by atoms with Crippen molar-refractivity contribution in [1.29, 1.82) is 0 Å². The number of fused-ring (bicyclic) bond motifs is 1. The molecule has 0 aromatic heterocycles. The van der Waals surface area contributed by atoms with Gasteiger partial charge in [-0.15, -0.1) is 0 Å². The van der Waals surface area contributed by atoms with E-state index in [-0.39, 0.29) is 34.4 Å². The number of ether oxygens (including phenoxy) is 1. The van der Waals surface area contributed by atoms with Gasteiger partial charge in [-0.05, 0) is 93.4 Å². The Hall–Kier alpha value is -4.54. The molecule has 3 aromatic carbocycles. The highest BCUT2D eigenvalue weighted by Crippen LogP contribution is 2.37. The molecule has 0 spiro atoms. The summed E-state index contributed by atoms with van der Waals surface area (Å²) < 4.78 is 21.3. The minimum Gasteiger partial charge on any atom is -0.490 e. The molecule has 1 fully saturated rings. The van der Waals surface area contributed by atoms with Crippen molar-refractivity contribution in [3.05, 3.63) is 99.3 Å². The predicted molar refractivity (Wildman–Crippen MR) is 164 cm³/mol. The molecular formula is C33H31ClFN3O6. The predicted octanol–water partition coefficient (Wildman–Crippen LogP) is 5.29. The lowest BCUT2D eigenvalue weighted by molar-refractivity contribution is -0.135. The Morgan fingerprint density at radius 3 is 2.48 bits per heavy atom. The summed E-state index contributed by atoms with van der Waals surface area (Å²) >= 11 is 5.95. The summed E-state index contributed by atoms with van der Waals surface area (Å²) in [5.74, 6) is -2.76. The van der Waals surface area contributed by atoms with E-state index in [0.29, 0.717) is 23.4 Å². The smallest absolute Gasteiger partial charge is 0.335 e. The lowest BCUT2D eigenvalue weighted by atomic mass is 9.90. The molecule has 5 rings (SSSR count). The van der Waals surface area contributed by atoms with Gasteiger partial charge in [0.05, 0.1) is 10.6 Å². The molecule has 2 amide bonds. The molecule has 9 nitrogen and oxygen atoms in total. The lowest BCUT2D eigenvalue weighted by Gasteiger charge is -2.37. The molecule has 0 aliphatic carbocycles. The van der Waals surface area contributed by atoms with Gasteiger partial charge >= 0.3 is 5.97 Å². The molecule has 1 saturated heterocycles. The molecule has 0 bridgehead atoms. The number of piperidine rings is 1. The minimum absolute atomic E-state index is 0.0217. The fourth-order valence-electron chi connectivity index (χ4n) is 5.55. The first-order valence-electron chi connectivity index (χ1n) is 14.2. The molecule has 2 aliphatic rings. The first-order chi connectivity index (χ1) is 21.1. The number of ketones is 1. The van der Waals surface area contributed by atoms with Crippen LogP contribution in [0.25, 0.3) is 6.08 Å². The Labute approximate surface area is 258 Å². The molecule has 3 aromatic rings. The second-order valence-corrected chi connectivity index (χ2v) is 11.1. The van der Waals surface area contributed by atoms with E-state index in [1.807, 2.05) is 6.07 Å². The highest BCUT2D eigenvalue weighted by molar-refractivity contribution is 6.31. The Morgan fingerprint density at radius 2 is 1.80 bits per heavy atom. The molecule has 1 unspecified atom stereocenters. The summed E-state index contributed by atoms with van der Waals surface area (Å²) in [6, 6.07) is 12.7. The van der Waals surface area contributed by atoms with Gasteiger partial charge in [-0.25, -0.2) is 9.18 Å². The number of aromatic carboxylic acids is 1. The number of nitrogens with zero attached hydrogens (tertiary/aromatic N) is 1. The Balaban J connectivity index is 1.49. The lowest BCUT2D eigenvalue weighted by Crippen LogP contribution is -2.45. The zero-order chi connectivity index (χ0) is 31.4. The summed E-state index contributed by atoms with van der Waals surface area (Å²) in [6.45, 7) is 3.14. The van der Waals surface area contributed by atoms with Crippen LogP contribution < -0.4 is 15.4 Å². The van der Waals surface area contributed by atoms with Gasteiger partial charge in [0, 0.05) is 35.0 Å². The van der Waals surface area contributed by atoms with Crippen molar-refractivity contribution < 1.29 is 33.4 Å². The minimum atomic E-state index is -1.10. The van der Waals surface area contributed by atoms with E-state index in [0.717, 1.165) is 37.6 Å². The first-order valence-corrected chi connectivity index (χ1v) is 14.6. The maximum Gasteiger partial charge on any atom is 0.335 e. The van der Waals surface area contributed by atoms with E-state index in [4.69, 9.17) is 16.3 Å². The molecule has 0 radical (unpaired) electrons. The van der Waals surface area contributed by atoms with Crippen LogP contribution in [-0.4, -0.2) is 59.3 Å². The van der Waals surface area contributed by atoms with E-state index >= 15 is 0 Å². The maximum absolute atomic E-state index is 14.9. The van der Waals surface area contributed by atoms with Crippen molar-refractivity contribution >= 4 is 46.9 Å². The average Bonchev–Trinajstić information content (AvgIpc) is 3.01. The van der Waals surface area contributed by atoms with Crippen molar-refractivity contribution in [2.75, 3.05) is 25.0 Å². The topological polar surface area (TPSA) is 125 Å². The SMILES string of the molecule is CC(=O)c1ccc(Cl)c(F)c1/C=C/C(=O)N1CCc2c(OC3CCNCC3)cccc2C1C(=O)Nc1ccc(C(=O)O)cc1. The molecule has 44 heavy (non-hydrogen) atoms. The number of rotatable bonds is 8. The zero-order valence-corrected chi connectivity index (χ0v) is 24.7. The normalized spacial score (nSPS) is 16.8. The summed E-state index contributed by atoms with van der Waals surface area (Å²) in [5.41, 5.74) is 1.77. The molecule has 2 heterocycles. The zero-order valence-electron chi connectivity index (χ0n) is 23.9. The molecule has 228 valence electrons. The number of halogens is 2. The van der Waals surface area contributed by atoms with Crippen LogP contribution in [0.5, 0.6) is 5.75 Å². The highest BCUT2D eigenvalue weighted by Gasteiger charge is 2.37. The third-order valence-corrected chi connectivity index (χ3v) is 8.09. The van der Waals surface area contributed by atoms with Crippen LogP contribution in [0, 0.1) is 5.82 Å². The van der Waals surface area contributed by atoms with Gasteiger partial charge < -0.3 is 25.4 Å². The van der Waals surface area contributed by atoms with Crippen LogP contribution in [0.4, 0.5) is 10.1 Å². The monoisotopic (exact) mass is 619 g/mol. The van der Waals surface area contributed by atoms with Crippen LogP contribution >= 0.6 is 11.6 Å². The third-order valence-electron chi connectivity index (χ3n) is 7.79. The first kappa shape index (κ1) is 30.9. The van der Waals surface area contributed by atoms with Crippen molar-refractivity contribution in [2.24, 2.45) is 0 Å². The van der Waals surface area contributed by atoms with E-state index in [2.05, 4.69) is 10.6 Å². The molecule has 0 saturated carbocycles. The number of amides is 2. The van der Waals surface area contributed by atoms with Gasteiger partial charge in [0.1, 0.15) is 23.7 Å². The van der Waals surface area contributed by atoms with Gasteiger partial charge in [0.2, 0.25) is 5.91 Å². The number of Topliss-reactive ketones (excluding diaryl/α,β-unsaturated/α-hetero) is 1. The second-order valence-electron chi connectivity index (χ2n) is 10.7. The van der Waals surface area contributed by atoms with Crippen molar-refractivity contribution in [3.63, 3.8) is 0 Å². The fourth-order valence-corrected chi connectivity index (χ4v) is 5.72. The van der Waals surface area contributed by atoms with Crippen molar-refractivity contribution in [1.82, 2.24) is 10.2 Å². The van der Waals surface area contributed by atoms with E-state index in [9.17, 15) is 28.7 Å². The maximum atomic E-state index is 14.9. The van der Waals surface area contributed by atoms with Crippen LogP contribution in [0.15, 0.2) is 60.7 Å². The van der Waals surface area contributed by atoms with Crippen LogP contribution in [0.3, 0.4) is 0 Å². The number of carbonyl (C=O) groups excluding carboxylic acids is 3. The number of carboxylic acid groups (broad SMARTS) is 1. The molecule has 2 aliphatic heterocycles. The van der Waals surface area contributed by atoms with Gasteiger partial charge in [0.25, 0.3) is 5.91 Å². The largest absolute Gasteiger partial charge is 0.490 e. The van der Waals surface area contributed by atoms with Gasteiger partial charge in [-0.1, -0.05) is 23.7 Å².